The van der Waals surface area contributed by atoms with E-state index in [1.165, 1.54) is 35.0 Å². The number of Topliss-reactive ketones (excluding diaryl/α,β-unsaturated/α-hetero) is 1. The van der Waals surface area contributed by atoms with Crippen LogP contribution in [0.1, 0.15) is 104 Å². The van der Waals surface area contributed by atoms with Gasteiger partial charge in [-0.15, -0.1) is 0 Å². The average molecular weight is 703 g/mol. The molecule has 1 saturated heterocycles. The number of hydrogen-bond acceptors (Lipinski definition) is 5. The van der Waals surface area contributed by atoms with Crippen molar-refractivity contribution >= 4 is 39.7 Å². The minimum absolute atomic E-state index is 0.0227. The molecule has 1 aliphatic heterocycles. The number of carbonyl (C=O) groups is 2. The van der Waals surface area contributed by atoms with Gasteiger partial charge in [0.15, 0.2) is 5.12 Å². The van der Waals surface area contributed by atoms with Crippen molar-refractivity contribution < 1.29 is 9.59 Å². The number of nitrogens with zero attached hydrogens (tertiary/aromatic N) is 1. The first-order chi connectivity index (χ1) is 24.3. The number of rotatable bonds is 12. The first-order valence-corrected chi connectivity index (χ1v) is 19.4. The highest BCUT2D eigenvalue weighted by atomic mass is 32.2. The Bertz CT molecular complexity index is 1730. The van der Waals surface area contributed by atoms with Gasteiger partial charge in [-0.3, -0.25) is 9.59 Å². The molecule has 270 valence electrons. The second kappa shape index (κ2) is 17.9. The lowest BCUT2D eigenvalue weighted by Gasteiger charge is -2.37. The van der Waals surface area contributed by atoms with Gasteiger partial charge in [-0.25, -0.2) is 0 Å². The number of thioether (sulfide) groups is 1. The van der Waals surface area contributed by atoms with Gasteiger partial charge in [-0.1, -0.05) is 138 Å². The van der Waals surface area contributed by atoms with Crippen molar-refractivity contribution in [1.82, 2.24) is 0 Å². The zero-order valence-electron chi connectivity index (χ0n) is 32.1. The maximum atomic E-state index is 13.7. The highest BCUT2D eigenvalue weighted by molar-refractivity contribution is 8.15. The number of benzene rings is 4. The van der Waals surface area contributed by atoms with E-state index in [2.05, 4.69) is 136 Å². The Morgan fingerprint density at radius 2 is 1.39 bits per heavy atom. The molecule has 0 radical (unpaired) electrons. The van der Waals surface area contributed by atoms with Crippen molar-refractivity contribution in [1.29, 1.82) is 0 Å². The van der Waals surface area contributed by atoms with Crippen LogP contribution in [0.4, 0.5) is 11.4 Å². The van der Waals surface area contributed by atoms with Crippen LogP contribution in [0.15, 0.2) is 110 Å². The highest BCUT2D eigenvalue weighted by Crippen LogP contribution is 2.41. The van der Waals surface area contributed by atoms with Crippen molar-refractivity contribution in [2.45, 2.75) is 97.2 Å². The summed E-state index contributed by atoms with van der Waals surface area (Å²) in [5.41, 5.74) is 9.00. The topological polar surface area (TPSA) is 49.4 Å². The van der Waals surface area contributed by atoms with Crippen molar-refractivity contribution in [3.8, 4) is 11.1 Å². The molecule has 0 amide bonds. The van der Waals surface area contributed by atoms with E-state index in [0.717, 1.165) is 60.4 Å². The smallest absolute Gasteiger partial charge is 0.197 e. The number of anilines is 2. The third-order valence-corrected chi connectivity index (χ3v) is 11.5. The molecule has 5 rings (SSSR count). The van der Waals surface area contributed by atoms with Crippen LogP contribution in [0.25, 0.3) is 16.8 Å². The lowest BCUT2D eigenvalue weighted by molar-refractivity contribution is -0.119. The van der Waals surface area contributed by atoms with Gasteiger partial charge in [0.05, 0.1) is 10.7 Å². The molecule has 1 fully saturated rings. The average Bonchev–Trinajstić information content (AvgIpc) is 3.13. The minimum Gasteiger partial charge on any atom is -0.372 e. The van der Waals surface area contributed by atoms with E-state index in [4.69, 9.17) is 0 Å². The van der Waals surface area contributed by atoms with Crippen LogP contribution < -0.4 is 10.2 Å². The summed E-state index contributed by atoms with van der Waals surface area (Å²) in [6, 6.07) is 36.0. The van der Waals surface area contributed by atoms with Crippen molar-refractivity contribution in [2.75, 3.05) is 23.3 Å². The molecule has 1 atom stereocenters. The van der Waals surface area contributed by atoms with Crippen LogP contribution in [0.5, 0.6) is 0 Å². The molecule has 5 heteroatoms. The number of ketones is 1. The Hall–Kier alpha value is -4.09. The summed E-state index contributed by atoms with van der Waals surface area (Å²) < 4.78 is -0.731. The van der Waals surface area contributed by atoms with Crippen LogP contribution in [-0.2, 0) is 15.0 Å². The van der Waals surface area contributed by atoms with E-state index in [-0.39, 0.29) is 28.1 Å². The molecule has 0 bridgehead atoms. The quantitative estimate of drug-likeness (QED) is 0.159. The highest BCUT2D eigenvalue weighted by Gasteiger charge is 2.37. The van der Waals surface area contributed by atoms with E-state index < -0.39 is 4.75 Å². The van der Waals surface area contributed by atoms with Gasteiger partial charge in [0.2, 0.25) is 0 Å². The molecule has 1 heterocycles. The van der Waals surface area contributed by atoms with Gasteiger partial charge in [-0.05, 0) is 97.9 Å². The molecule has 0 aliphatic carbocycles. The summed E-state index contributed by atoms with van der Waals surface area (Å²) in [4.78, 5) is 28.3. The maximum absolute atomic E-state index is 13.7. The van der Waals surface area contributed by atoms with Gasteiger partial charge in [0, 0.05) is 35.7 Å². The zero-order chi connectivity index (χ0) is 37.2. The summed E-state index contributed by atoms with van der Waals surface area (Å²) in [6.45, 7) is 22.5. The monoisotopic (exact) mass is 702 g/mol. The molecule has 51 heavy (non-hydrogen) atoms. The molecule has 4 nitrogen and oxygen atoms in total. The molecular weight excluding hydrogens is 645 g/mol. The first-order valence-electron chi connectivity index (χ1n) is 18.6. The SMILES string of the molecule is C=C(Nc1ccc(N2CCC(C(C(=O)SC(C)(C)C(C)=O)c3ccccc3)CC2)cc1)c1ccccc1-c1ccc(C(C)(C)CC)cc1.CCC. The van der Waals surface area contributed by atoms with Gasteiger partial charge < -0.3 is 10.2 Å². The van der Waals surface area contributed by atoms with Crippen molar-refractivity contribution in [3.63, 3.8) is 0 Å². The number of hydrogen-bond donors (Lipinski definition) is 1. The molecule has 4 aromatic carbocycles. The Labute approximate surface area is 312 Å². The lowest BCUT2D eigenvalue weighted by atomic mass is 9.80. The third kappa shape index (κ3) is 10.3. The van der Waals surface area contributed by atoms with Gasteiger partial charge in [-0.2, -0.15) is 0 Å². The van der Waals surface area contributed by atoms with Crippen molar-refractivity contribution in [3.05, 3.63) is 126 Å². The molecule has 1 aliphatic rings. The number of nitrogens with one attached hydrogen (secondary N) is 1. The number of piperidine rings is 1. The van der Waals surface area contributed by atoms with Gasteiger partial charge in [0.25, 0.3) is 0 Å². The largest absolute Gasteiger partial charge is 0.372 e. The first kappa shape index (κ1) is 39.7. The van der Waals surface area contributed by atoms with Crippen LogP contribution >= 0.6 is 11.8 Å². The molecule has 0 saturated carbocycles. The standard InChI is InChI=1S/C43H50N2O2S.C3H8/c1-8-42(4,5)35-20-18-32(19-21-35)39-17-13-12-16-38(39)30(2)44-36-22-24-37(25-23-36)45-28-26-34(27-29-45)40(33-14-10-9-11-15-33)41(47)48-43(6,7)31(3)46;1-3-2/h9-25,34,40,44H,2,8,26-29H2,1,3-7H3;3H2,1-2H3. The molecule has 4 aromatic rings. The molecular formula is C46H58N2O2S. The molecule has 0 spiro atoms. The van der Waals surface area contributed by atoms with E-state index in [9.17, 15) is 9.59 Å². The van der Waals surface area contributed by atoms with Crippen LogP contribution in [-0.4, -0.2) is 28.7 Å². The predicted octanol–water partition coefficient (Wildman–Crippen LogP) is 12.2. The fourth-order valence-electron chi connectivity index (χ4n) is 6.44. The fraction of sp³-hybridized carbons (Fsp3) is 0.391. The minimum atomic E-state index is -0.731. The summed E-state index contributed by atoms with van der Waals surface area (Å²) in [5.74, 6) is 0.0261. The fourth-order valence-corrected chi connectivity index (χ4v) is 7.54. The van der Waals surface area contributed by atoms with E-state index >= 15 is 0 Å². The molecule has 1 unspecified atom stereocenters. The Morgan fingerprint density at radius 3 is 1.96 bits per heavy atom. The second-order valence-corrected chi connectivity index (χ2v) is 16.5. The van der Waals surface area contributed by atoms with E-state index in [1.807, 2.05) is 32.0 Å². The summed E-state index contributed by atoms with van der Waals surface area (Å²) >= 11 is 1.19. The third-order valence-electron chi connectivity index (χ3n) is 10.3. The van der Waals surface area contributed by atoms with Crippen LogP contribution in [0.3, 0.4) is 0 Å². The lowest BCUT2D eigenvalue weighted by Crippen LogP contribution is -2.38. The number of carbonyl (C=O) groups excluding carboxylic acids is 2. The van der Waals surface area contributed by atoms with Gasteiger partial charge in [0.1, 0.15) is 5.78 Å². The van der Waals surface area contributed by atoms with Crippen LogP contribution in [0.2, 0.25) is 0 Å². The molecule has 1 N–H and O–H groups in total. The predicted molar refractivity (Wildman–Crippen MR) is 222 cm³/mol. The van der Waals surface area contributed by atoms with Crippen molar-refractivity contribution in [2.24, 2.45) is 5.92 Å². The Kier molecular flexibility index (Phi) is 13.9. The van der Waals surface area contributed by atoms with Gasteiger partial charge >= 0.3 is 0 Å². The zero-order valence-corrected chi connectivity index (χ0v) is 32.9. The second-order valence-electron chi connectivity index (χ2n) is 14.9. The molecule has 0 aromatic heterocycles. The Morgan fingerprint density at radius 1 is 0.824 bits per heavy atom. The van der Waals surface area contributed by atoms with Crippen LogP contribution in [0, 0.1) is 5.92 Å². The summed E-state index contributed by atoms with van der Waals surface area (Å²) in [6.07, 6.45) is 4.17. The van der Waals surface area contributed by atoms with E-state index in [0.29, 0.717) is 0 Å². The Balaban J connectivity index is 0.00000188. The normalized spacial score (nSPS) is 14.2. The maximum Gasteiger partial charge on any atom is 0.197 e. The summed E-state index contributed by atoms with van der Waals surface area (Å²) in [5, 5.41) is 3.64. The summed E-state index contributed by atoms with van der Waals surface area (Å²) in [7, 11) is 0. The van der Waals surface area contributed by atoms with E-state index in [1.54, 1.807) is 6.92 Å².